The number of rotatable bonds is 0. The highest BCUT2D eigenvalue weighted by molar-refractivity contribution is 8.02. The molecule has 0 bridgehead atoms. The summed E-state index contributed by atoms with van der Waals surface area (Å²) >= 11 is 1.77. The van der Waals surface area contributed by atoms with Gasteiger partial charge in [-0.15, -0.1) is 11.8 Å². The molecule has 0 spiro atoms. The van der Waals surface area contributed by atoms with Crippen LogP contribution >= 0.6 is 11.8 Å². The number of hydrogen-bond acceptors (Lipinski definition) is 2. The fraction of sp³-hybridized carbons (Fsp3) is 0.125. The normalized spacial score (nSPS) is 20.8. The van der Waals surface area contributed by atoms with E-state index in [2.05, 4.69) is 16.5 Å². The molecule has 0 saturated heterocycles. The van der Waals surface area contributed by atoms with Crippen LogP contribution in [0.15, 0.2) is 40.9 Å². The maximum atomic E-state index is 3.98. The largest absolute Gasteiger partial charge is 0.265 e. The van der Waals surface area contributed by atoms with Gasteiger partial charge in [-0.25, -0.2) is 0 Å². The Hall–Kier alpha value is -0.760. The second-order valence-electron chi connectivity index (χ2n) is 1.73. The van der Waals surface area contributed by atoms with Crippen LogP contribution in [-0.4, -0.2) is 12.0 Å². The lowest BCUT2D eigenvalue weighted by Crippen LogP contribution is -1.69. The lowest BCUT2D eigenvalue weighted by molar-refractivity contribution is 1.59. The number of aliphatic imine (C=N–C) groups is 1. The summed E-state index contributed by atoms with van der Waals surface area (Å²) in [7, 11) is 0. The van der Waals surface area contributed by atoms with Crippen LogP contribution in [0.2, 0.25) is 0 Å². The van der Waals surface area contributed by atoms with E-state index in [0.29, 0.717) is 0 Å². The van der Waals surface area contributed by atoms with Gasteiger partial charge in [-0.2, -0.15) is 0 Å². The van der Waals surface area contributed by atoms with Crippen LogP contribution in [0.1, 0.15) is 0 Å². The Morgan fingerprint density at radius 3 is 3.20 bits per heavy atom. The molecule has 1 rings (SSSR count). The molecule has 52 valence electrons. The molecule has 0 fully saturated rings. The van der Waals surface area contributed by atoms with E-state index in [4.69, 9.17) is 0 Å². The topological polar surface area (TPSA) is 12.4 Å². The quantitative estimate of drug-likeness (QED) is 0.518. The van der Waals surface area contributed by atoms with Crippen molar-refractivity contribution in [1.29, 1.82) is 0 Å². The fourth-order valence-electron chi connectivity index (χ4n) is 0.527. The summed E-state index contributed by atoms with van der Waals surface area (Å²) in [5.74, 6) is 1.02. The lowest BCUT2D eigenvalue weighted by atomic mass is 10.5. The maximum absolute atomic E-state index is 3.98. The second-order valence-corrected chi connectivity index (χ2v) is 2.67. The minimum absolute atomic E-state index is 1.02. The predicted molar refractivity (Wildman–Crippen MR) is 48.4 cm³/mol. The molecule has 0 aromatic heterocycles. The minimum atomic E-state index is 1.02. The van der Waals surface area contributed by atoms with Gasteiger partial charge in [-0.3, -0.25) is 4.99 Å². The maximum Gasteiger partial charge on any atom is 0.0267 e. The van der Waals surface area contributed by atoms with Gasteiger partial charge in [0, 0.05) is 18.2 Å². The van der Waals surface area contributed by atoms with Gasteiger partial charge >= 0.3 is 0 Å². The van der Waals surface area contributed by atoms with Crippen molar-refractivity contribution in [1.82, 2.24) is 0 Å². The molecule has 0 amide bonds. The van der Waals surface area contributed by atoms with E-state index in [9.17, 15) is 0 Å². The van der Waals surface area contributed by atoms with Crippen molar-refractivity contribution >= 4 is 18.0 Å². The van der Waals surface area contributed by atoms with Gasteiger partial charge in [0.05, 0.1) is 0 Å². The lowest BCUT2D eigenvalue weighted by Gasteiger charge is -1.85. The van der Waals surface area contributed by atoms with Gasteiger partial charge in [0.25, 0.3) is 0 Å². The van der Waals surface area contributed by atoms with Gasteiger partial charge in [-0.05, 0) is 17.6 Å². The van der Waals surface area contributed by atoms with Gasteiger partial charge in [0.1, 0.15) is 0 Å². The van der Waals surface area contributed by atoms with Crippen LogP contribution in [0.5, 0.6) is 0 Å². The van der Waals surface area contributed by atoms with Crippen molar-refractivity contribution in [2.24, 2.45) is 4.99 Å². The summed E-state index contributed by atoms with van der Waals surface area (Å²) in [5, 5.41) is 2.06. The summed E-state index contributed by atoms with van der Waals surface area (Å²) in [4.78, 5) is 3.98. The molecule has 1 heterocycles. The molecule has 2 heteroatoms. The Morgan fingerprint density at radius 1 is 1.20 bits per heavy atom. The van der Waals surface area contributed by atoms with Crippen molar-refractivity contribution < 1.29 is 0 Å². The van der Waals surface area contributed by atoms with E-state index in [1.165, 1.54) is 0 Å². The molecule has 0 unspecified atom stereocenters. The van der Waals surface area contributed by atoms with Crippen molar-refractivity contribution in [3.63, 3.8) is 0 Å². The highest BCUT2D eigenvalue weighted by atomic mass is 32.2. The van der Waals surface area contributed by atoms with E-state index < -0.39 is 0 Å². The van der Waals surface area contributed by atoms with Crippen molar-refractivity contribution in [3.05, 3.63) is 35.9 Å². The number of thioether (sulfide) groups is 1. The van der Waals surface area contributed by atoms with E-state index >= 15 is 0 Å². The van der Waals surface area contributed by atoms with Crippen LogP contribution in [0, 0.1) is 0 Å². The zero-order chi connectivity index (χ0) is 7.07. The highest BCUT2D eigenvalue weighted by Crippen LogP contribution is 2.02. The zero-order valence-corrected chi connectivity index (χ0v) is 6.42. The predicted octanol–water partition coefficient (Wildman–Crippen LogP) is 2.39. The highest BCUT2D eigenvalue weighted by Gasteiger charge is 1.75. The third-order valence-corrected chi connectivity index (χ3v) is 1.69. The van der Waals surface area contributed by atoms with Crippen LogP contribution in [-0.2, 0) is 0 Å². The average Bonchev–Trinajstić information content (AvgIpc) is 2.01. The molecule has 0 aromatic rings. The van der Waals surface area contributed by atoms with Gasteiger partial charge in [0.15, 0.2) is 0 Å². The second kappa shape index (κ2) is 5.06. The van der Waals surface area contributed by atoms with Crippen LogP contribution in [0.25, 0.3) is 0 Å². The van der Waals surface area contributed by atoms with E-state index in [0.717, 1.165) is 5.75 Å². The average molecular weight is 151 g/mol. The smallest absolute Gasteiger partial charge is 0.0267 e. The summed E-state index contributed by atoms with van der Waals surface area (Å²) in [6.07, 6.45) is 11.5. The summed E-state index contributed by atoms with van der Waals surface area (Å²) in [6, 6.07) is 0. The molecular weight excluding hydrogens is 142 g/mol. The molecule has 0 atom stereocenters. The molecule has 1 aliphatic heterocycles. The first-order valence-electron chi connectivity index (χ1n) is 3.12. The number of hydrogen-bond donors (Lipinski definition) is 0. The first kappa shape index (κ1) is 7.35. The van der Waals surface area contributed by atoms with Crippen LogP contribution < -0.4 is 0 Å². The van der Waals surface area contributed by atoms with Crippen molar-refractivity contribution in [3.8, 4) is 0 Å². The SMILES string of the molecule is C1=CN=C/C=C\CSC=C1. The monoisotopic (exact) mass is 151 g/mol. The molecule has 1 aliphatic rings. The van der Waals surface area contributed by atoms with Gasteiger partial charge in [0.2, 0.25) is 0 Å². The molecule has 0 N–H and O–H groups in total. The summed E-state index contributed by atoms with van der Waals surface area (Å²) < 4.78 is 0. The first-order valence-corrected chi connectivity index (χ1v) is 4.16. The minimum Gasteiger partial charge on any atom is -0.265 e. The third-order valence-electron chi connectivity index (χ3n) is 0.959. The summed E-state index contributed by atoms with van der Waals surface area (Å²) in [6.45, 7) is 0. The molecule has 0 saturated carbocycles. The summed E-state index contributed by atoms with van der Waals surface area (Å²) in [5.41, 5.74) is 0. The molecule has 10 heavy (non-hydrogen) atoms. The van der Waals surface area contributed by atoms with Crippen molar-refractivity contribution in [2.75, 3.05) is 5.75 Å². The third kappa shape index (κ3) is 3.30. The molecule has 1 nitrogen and oxygen atoms in total. The number of allylic oxidation sites excluding steroid dienone is 3. The Kier molecular flexibility index (Phi) is 3.72. The van der Waals surface area contributed by atoms with E-state index in [1.807, 2.05) is 18.2 Å². The van der Waals surface area contributed by atoms with Crippen LogP contribution in [0.4, 0.5) is 0 Å². The number of nitrogens with zero attached hydrogens (tertiary/aromatic N) is 1. The van der Waals surface area contributed by atoms with E-state index in [1.54, 1.807) is 24.2 Å². The Bertz CT molecular complexity index is 167. The zero-order valence-electron chi connectivity index (χ0n) is 5.60. The first-order chi connectivity index (χ1) is 5.00. The Morgan fingerprint density at radius 2 is 2.20 bits per heavy atom. The van der Waals surface area contributed by atoms with Crippen molar-refractivity contribution in [2.45, 2.75) is 0 Å². The van der Waals surface area contributed by atoms with Gasteiger partial charge in [-0.1, -0.05) is 12.2 Å². The van der Waals surface area contributed by atoms with Gasteiger partial charge < -0.3 is 0 Å². The standard InChI is InChI=1S/C8H9NS/c1-3-7-10-8-4-2-6-9-5-1/h1-7H,8H2/b4-2-,5-1?,7-3?,9-6?. The fourth-order valence-corrected chi connectivity index (χ4v) is 1.06. The Labute approximate surface area is 65.2 Å². The molecule has 0 aromatic carbocycles. The molecule has 0 radical (unpaired) electrons. The van der Waals surface area contributed by atoms with Crippen LogP contribution in [0.3, 0.4) is 0 Å². The Balaban J connectivity index is 2.53. The molecular formula is C8H9NS. The van der Waals surface area contributed by atoms with E-state index in [-0.39, 0.29) is 0 Å². The molecule has 0 aliphatic carbocycles.